The van der Waals surface area contributed by atoms with Crippen LogP contribution in [0.5, 0.6) is 0 Å². The number of aryl methyl sites for hydroxylation is 1. The Labute approximate surface area is 160 Å². The first kappa shape index (κ1) is 18.9. The number of aromatic nitrogens is 2. The van der Waals surface area contributed by atoms with Crippen LogP contribution in [0.4, 0.5) is 0 Å². The van der Waals surface area contributed by atoms with Gasteiger partial charge < -0.3 is 15.5 Å². The lowest BCUT2D eigenvalue weighted by atomic mass is 10.1. The summed E-state index contributed by atoms with van der Waals surface area (Å²) in [5.74, 6) is 0.868. The average molecular weight is 368 g/mol. The Morgan fingerprint density at radius 1 is 1.07 bits per heavy atom. The van der Waals surface area contributed by atoms with Crippen LogP contribution in [0.3, 0.4) is 0 Å². The largest absolute Gasteiger partial charge is 0.352 e. The Hall–Kier alpha value is -2.83. The van der Waals surface area contributed by atoms with Gasteiger partial charge in [-0.2, -0.15) is 5.10 Å². The number of carbonyl (C=O) groups is 1. The fourth-order valence-corrected chi connectivity index (χ4v) is 3.20. The minimum atomic E-state index is 0.142. The summed E-state index contributed by atoms with van der Waals surface area (Å²) in [5.41, 5.74) is 2.95. The highest BCUT2D eigenvalue weighted by Crippen LogP contribution is 2.13. The van der Waals surface area contributed by atoms with E-state index in [0.717, 1.165) is 48.7 Å². The van der Waals surface area contributed by atoms with Crippen LogP contribution in [0.2, 0.25) is 0 Å². The zero-order valence-electron chi connectivity index (χ0n) is 16.1. The highest BCUT2D eigenvalue weighted by atomic mass is 16.2. The van der Waals surface area contributed by atoms with E-state index in [-0.39, 0.29) is 5.91 Å². The van der Waals surface area contributed by atoms with Crippen LogP contribution in [0.25, 0.3) is 0 Å². The van der Waals surface area contributed by atoms with Crippen LogP contribution in [0.1, 0.15) is 40.9 Å². The monoisotopic (exact) mass is 368 g/mol. The first-order valence-corrected chi connectivity index (χ1v) is 9.47. The van der Waals surface area contributed by atoms with E-state index in [2.05, 4.69) is 20.7 Å². The molecule has 1 aliphatic heterocycles. The maximum absolute atomic E-state index is 12.5. The Kier molecular flexibility index (Phi) is 6.46. The summed E-state index contributed by atoms with van der Waals surface area (Å²) < 4.78 is 1.83. The molecule has 0 saturated carbocycles. The van der Waals surface area contributed by atoms with Crippen molar-refractivity contribution in [3.63, 3.8) is 0 Å². The van der Waals surface area contributed by atoms with Crippen molar-refractivity contribution in [2.45, 2.75) is 32.4 Å². The van der Waals surface area contributed by atoms with Gasteiger partial charge in [0.1, 0.15) is 0 Å². The molecule has 1 aromatic heterocycles. The van der Waals surface area contributed by atoms with Gasteiger partial charge in [-0.1, -0.05) is 12.1 Å². The van der Waals surface area contributed by atoms with Crippen LogP contribution < -0.4 is 10.6 Å². The molecule has 1 aliphatic rings. The van der Waals surface area contributed by atoms with E-state index >= 15 is 0 Å². The van der Waals surface area contributed by atoms with E-state index in [1.807, 2.05) is 47.0 Å². The molecule has 0 bridgehead atoms. The second-order valence-corrected chi connectivity index (χ2v) is 6.78. The molecule has 0 unspecified atom stereocenters. The topological polar surface area (TPSA) is 74.6 Å². The second-order valence-electron chi connectivity index (χ2n) is 6.78. The van der Waals surface area contributed by atoms with Crippen molar-refractivity contribution >= 4 is 11.9 Å². The van der Waals surface area contributed by atoms with Crippen molar-refractivity contribution in [3.8, 4) is 0 Å². The van der Waals surface area contributed by atoms with Crippen LogP contribution >= 0.6 is 0 Å². The molecule has 0 spiro atoms. The van der Waals surface area contributed by atoms with E-state index < -0.39 is 0 Å². The van der Waals surface area contributed by atoms with Gasteiger partial charge in [0.25, 0.3) is 5.91 Å². The van der Waals surface area contributed by atoms with Crippen molar-refractivity contribution in [2.24, 2.45) is 12.0 Å². The van der Waals surface area contributed by atoms with Gasteiger partial charge in [-0.3, -0.25) is 14.5 Å². The summed E-state index contributed by atoms with van der Waals surface area (Å²) in [4.78, 5) is 18.7. The molecule has 0 radical (unpaired) electrons. The van der Waals surface area contributed by atoms with Crippen molar-refractivity contribution < 1.29 is 4.79 Å². The van der Waals surface area contributed by atoms with Gasteiger partial charge in [-0.05, 0) is 43.0 Å². The summed E-state index contributed by atoms with van der Waals surface area (Å²) in [6.45, 7) is 3.05. The maximum Gasteiger partial charge on any atom is 0.253 e. The predicted octanol–water partition coefficient (Wildman–Crippen LogP) is 1.91. The first-order valence-electron chi connectivity index (χ1n) is 9.47. The van der Waals surface area contributed by atoms with Crippen LogP contribution in [0, 0.1) is 0 Å². The lowest BCUT2D eigenvalue weighted by Crippen LogP contribution is -2.37. The smallest absolute Gasteiger partial charge is 0.253 e. The Bertz CT molecular complexity index is 774. The number of amides is 1. The molecule has 2 aromatic rings. The van der Waals surface area contributed by atoms with Crippen molar-refractivity contribution in [2.75, 3.05) is 20.1 Å². The number of piperidine rings is 1. The summed E-state index contributed by atoms with van der Waals surface area (Å²) in [7, 11) is 3.67. The van der Waals surface area contributed by atoms with Crippen molar-refractivity contribution in [1.82, 2.24) is 25.3 Å². The van der Waals surface area contributed by atoms with Gasteiger partial charge in [0.2, 0.25) is 0 Å². The highest BCUT2D eigenvalue weighted by Gasteiger charge is 2.17. The Balaban J connectivity index is 1.50. The fraction of sp³-hybridized carbons (Fsp3) is 0.450. The fourth-order valence-electron chi connectivity index (χ4n) is 3.20. The number of carbonyl (C=O) groups excluding carboxylic acids is 1. The number of aliphatic imine (C=N–C) groups is 1. The molecule has 1 fully saturated rings. The minimum Gasteiger partial charge on any atom is -0.352 e. The molecule has 1 saturated heterocycles. The number of rotatable bonds is 5. The predicted molar refractivity (Wildman–Crippen MR) is 106 cm³/mol. The van der Waals surface area contributed by atoms with Gasteiger partial charge in [0, 0.05) is 45.5 Å². The summed E-state index contributed by atoms with van der Waals surface area (Å²) >= 11 is 0. The molecule has 7 nitrogen and oxygen atoms in total. The zero-order valence-corrected chi connectivity index (χ0v) is 16.1. The molecular weight excluding hydrogens is 340 g/mol. The van der Waals surface area contributed by atoms with E-state index in [4.69, 9.17) is 0 Å². The first-order chi connectivity index (χ1) is 13.2. The molecule has 1 amide bonds. The molecule has 0 atom stereocenters. The number of hydrogen-bond donors (Lipinski definition) is 2. The average Bonchev–Trinajstić information content (AvgIpc) is 3.13. The van der Waals surface area contributed by atoms with Gasteiger partial charge >= 0.3 is 0 Å². The maximum atomic E-state index is 12.5. The van der Waals surface area contributed by atoms with E-state index in [1.54, 1.807) is 13.2 Å². The molecule has 27 heavy (non-hydrogen) atoms. The number of nitrogens with one attached hydrogen (secondary N) is 2. The SMILES string of the molecule is CN=C(NCc1ccc(C(=O)N2CCCCC2)cc1)NCc1ccnn1C. The third-order valence-corrected chi connectivity index (χ3v) is 4.89. The van der Waals surface area contributed by atoms with E-state index in [9.17, 15) is 4.79 Å². The van der Waals surface area contributed by atoms with E-state index in [0.29, 0.717) is 13.1 Å². The number of benzene rings is 1. The van der Waals surface area contributed by atoms with E-state index in [1.165, 1.54) is 6.42 Å². The van der Waals surface area contributed by atoms with Gasteiger partial charge in [0.05, 0.1) is 12.2 Å². The number of guanidine groups is 1. The standard InChI is InChI=1S/C20H28N6O/c1-21-20(23-15-18-10-11-24-25(18)2)22-14-16-6-8-17(9-7-16)19(27)26-12-4-3-5-13-26/h6-11H,3-5,12-15H2,1-2H3,(H2,21,22,23). The van der Waals surface area contributed by atoms with Crippen LogP contribution in [0.15, 0.2) is 41.5 Å². The normalized spacial score (nSPS) is 14.9. The molecule has 0 aliphatic carbocycles. The molecule has 2 heterocycles. The van der Waals surface area contributed by atoms with Crippen LogP contribution in [-0.4, -0.2) is 46.7 Å². The second kappa shape index (κ2) is 9.21. The lowest BCUT2D eigenvalue weighted by molar-refractivity contribution is 0.0724. The molecule has 144 valence electrons. The Morgan fingerprint density at radius 3 is 2.41 bits per heavy atom. The highest BCUT2D eigenvalue weighted by molar-refractivity contribution is 5.94. The molecular formula is C20H28N6O. The number of hydrogen-bond acceptors (Lipinski definition) is 3. The zero-order chi connectivity index (χ0) is 19.1. The quantitative estimate of drug-likeness (QED) is 0.625. The third-order valence-electron chi connectivity index (χ3n) is 4.89. The molecule has 1 aromatic carbocycles. The lowest BCUT2D eigenvalue weighted by Gasteiger charge is -2.26. The minimum absolute atomic E-state index is 0.142. The summed E-state index contributed by atoms with van der Waals surface area (Å²) in [6.07, 6.45) is 5.22. The van der Waals surface area contributed by atoms with Crippen LogP contribution in [-0.2, 0) is 20.1 Å². The van der Waals surface area contributed by atoms with Crippen molar-refractivity contribution in [1.29, 1.82) is 0 Å². The number of likely N-dealkylation sites (tertiary alicyclic amines) is 1. The van der Waals surface area contributed by atoms with Crippen molar-refractivity contribution in [3.05, 3.63) is 53.3 Å². The van der Waals surface area contributed by atoms with Gasteiger partial charge in [-0.15, -0.1) is 0 Å². The number of nitrogens with zero attached hydrogens (tertiary/aromatic N) is 4. The third kappa shape index (κ3) is 5.09. The summed E-state index contributed by atoms with van der Waals surface area (Å²) in [5, 5.41) is 10.7. The Morgan fingerprint density at radius 2 is 1.78 bits per heavy atom. The van der Waals surface area contributed by atoms with Gasteiger partial charge in [0.15, 0.2) is 5.96 Å². The molecule has 2 N–H and O–H groups in total. The molecule has 3 rings (SSSR count). The summed E-state index contributed by atoms with van der Waals surface area (Å²) in [6, 6.07) is 9.80. The molecule has 7 heteroatoms. The van der Waals surface area contributed by atoms with Gasteiger partial charge in [-0.25, -0.2) is 0 Å².